The number of nitrogen functional groups attached to an aromatic ring is 1. The van der Waals surface area contributed by atoms with Gasteiger partial charge in [0.1, 0.15) is 5.84 Å². The van der Waals surface area contributed by atoms with Crippen molar-refractivity contribution >= 4 is 16.6 Å². The molecule has 2 aromatic carbocycles. The van der Waals surface area contributed by atoms with Gasteiger partial charge in [0.05, 0.1) is 11.4 Å². The van der Waals surface area contributed by atoms with E-state index in [0.717, 1.165) is 33.4 Å². The fraction of sp³-hybridized carbons (Fsp3) is 0.125. The van der Waals surface area contributed by atoms with Crippen molar-refractivity contribution < 1.29 is 0 Å². The average Bonchev–Trinajstić information content (AvgIpc) is 2.76. The van der Waals surface area contributed by atoms with Crippen LogP contribution in [0.25, 0.3) is 16.5 Å². The summed E-state index contributed by atoms with van der Waals surface area (Å²) in [7, 11) is 0. The van der Waals surface area contributed by atoms with Crippen molar-refractivity contribution in [1.29, 1.82) is 5.41 Å². The molecule has 0 saturated carbocycles. The molecule has 0 aliphatic heterocycles. The maximum atomic E-state index is 7.69. The van der Waals surface area contributed by atoms with Crippen molar-refractivity contribution in [2.75, 3.05) is 0 Å². The molecule has 20 heavy (non-hydrogen) atoms. The molecule has 3 rings (SSSR count). The van der Waals surface area contributed by atoms with E-state index < -0.39 is 0 Å². The van der Waals surface area contributed by atoms with Crippen molar-refractivity contribution in [3.05, 3.63) is 59.4 Å². The Balaban J connectivity index is 2.36. The van der Waals surface area contributed by atoms with Crippen molar-refractivity contribution in [3.63, 3.8) is 0 Å². The van der Waals surface area contributed by atoms with Gasteiger partial charge in [-0.1, -0.05) is 24.3 Å². The van der Waals surface area contributed by atoms with Crippen LogP contribution in [0.1, 0.15) is 17.0 Å². The molecule has 3 N–H and O–H groups in total. The molecule has 0 unspecified atom stereocenters. The summed E-state index contributed by atoms with van der Waals surface area (Å²) in [5.74, 6) is 0.0844. The van der Waals surface area contributed by atoms with Crippen molar-refractivity contribution in [2.24, 2.45) is 5.73 Å². The normalized spacial score (nSPS) is 10.9. The zero-order valence-corrected chi connectivity index (χ0v) is 11.5. The predicted octanol–water partition coefficient (Wildman–Crippen LogP) is 2.93. The third kappa shape index (κ3) is 1.86. The van der Waals surface area contributed by atoms with Gasteiger partial charge in [0.2, 0.25) is 0 Å². The van der Waals surface area contributed by atoms with Crippen LogP contribution in [-0.2, 0) is 0 Å². The molecule has 1 heterocycles. The minimum Gasteiger partial charge on any atom is -0.384 e. The Labute approximate surface area is 117 Å². The topological polar surface area (TPSA) is 67.7 Å². The van der Waals surface area contributed by atoms with E-state index in [4.69, 9.17) is 11.1 Å². The van der Waals surface area contributed by atoms with E-state index in [9.17, 15) is 0 Å². The Hall–Kier alpha value is -2.62. The van der Waals surface area contributed by atoms with Gasteiger partial charge >= 0.3 is 0 Å². The molecule has 0 spiro atoms. The summed E-state index contributed by atoms with van der Waals surface area (Å²) < 4.78 is 1.93. The first-order chi connectivity index (χ1) is 9.58. The van der Waals surface area contributed by atoms with E-state index in [0.29, 0.717) is 0 Å². The lowest BCUT2D eigenvalue weighted by molar-refractivity contribution is 0.839. The lowest BCUT2D eigenvalue weighted by Gasteiger charge is -2.11. The summed E-state index contributed by atoms with van der Waals surface area (Å²) in [6.07, 6.45) is 0. The molecule has 1 aromatic heterocycles. The summed E-state index contributed by atoms with van der Waals surface area (Å²) in [5.41, 5.74) is 9.50. The molecule has 100 valence electrons. The molecule has 4 nitrogen and oxygen atoms in total. The summed E-state index contributed by atoms with van der Waals surface area (Å²) in [6.45, 7) is 4.02. The largest absolute Gasteiger partial charge is 0.384 e. The van der Waals surface area contributed by atoms with E-state index >= 15 is 0 Å². The molecule has 0 aliphatic rings. The molecule has 0 aliphatic carbocycles. The van der Waals surface area contributed by atoms with Gasteiger partial charge in [-0.05, 0) is 37.4 Å². The van der Waals surface area contributed by atoms with Gasteiger partial charge in [-0.15, -0.1) is 0 Å². The van der Waals surface area contributed by atoms with Gasteiger partial charge in [0.15, 0.2) is 0 Å². The Kier molecular flexibility index (Phi) is 2.79. The van der Waals surface area contributed by atoms with Crippen molar-refractivity contribution in [2.45, 2.75) is 13.8 Å². The van der Waals surface area contributed by atoms with Gasteiger partial charge in [0.25, 0.3) is 0 Å². The zero-order chi connectivity index (χ0) is 14.3. The number of benzene rings is 2. The van der Waals surface area contributed by atoms with E-state index in [2.05, 4.69) is 5.10 Å². The fourth-order valence-corrected chi connectivity index (χ4v) is 2.58. The molecule has 0 saturated heterocycles. The third-order valence-corrected chi connectivity index (χ3v) is 3.43. The van der Waals surface area contributed by atoms with Crippen LogP contribution in [0.5, 0.6) is 0 Å². The highest BCUT2D eigenvalue weighted by molar-refractivity contribution is 6.09. The van der Waals surface area contributed by atoms with Gasteiger partial charge in [0, 0.05) is 16.6 Å². The number of nitrogens with zero attached hydrogens (tertiary/aromatic N) is 2. The Bertz CT molecular complexity index is 814. The van der Waals surface area contributed by atoms with E-state index in [1.165, 1.54) is 0 Å². The van der Waals surface area contributed by atoms with Crippen LogP contribution in [0.3, 0.4) is 0 Å². The molecular formula is C16H16N4. The predicted molar refractivity (Wildman–Crippen MR) is 81.6 cm³/mol. The molecule has 0 radical (unpaired) electrons. The number of rotatable bonds is 2. The number of fused-ring (bicyclic) bond motifs is 1. The van der Waals surface area contributed by atoms with Gasteiger partial charge in [-0.25, -0.2) is 4.68 Å². The standard InChI is InChI=1S/C16H16N4/c1-10-9-11(2)20(19-10)15-8-7-14(16(17)18)12-5-3-4-6-13(12)15/h3-9H,1-2H3,(H3,17,18). The quantitative estimate of drug-likeness (QED) is 0.552. The molecule has 0 amide bonds. The number of hydrogen-bond donors (Lipinski definition) is 2. The molecular weight excluding hydrogens is 248 g/mol. The number of amidine groups is 1. The second kappa shape index (κ2) is 4.49. The molecule has 3 aromatic rings. The van der Waals surface area contributed by atoms with Crippen LogP contribution >= 0.6 is 0 Å². The SMILES string of the molecule is Cc1cc(C)n(-c2ccc(C(=N)N)c3ccccc23)n1. The summed E-state index contributed by atoms with van der Waals surface area (Å²) in [6, 6.07) is 13.9. The van der Waals surface area contributed by atoms with Crippen molar-refractivity contribution in [1.82, 2.24) is 9.78 Å². The molecule has 0 atom stereocenters. The van der Waals surface area contributed by atoms with Gasteiger partial charge < -0.3 is 5.73 Å². The zero-order valence-electron chi connectivity index (χ0n) is 11.5. The first-order valence-corrected chi connectivity index (χ1v) is 6.47. The Morgan fingerprint density at radius 3 is 2.40 bits per heavy atom. The second-order valence-corrected chi connectivity index (χ2v) is 4.93. The fourth-order valence-electron chi connectivity index (χ4n) is 2.58. The van der Waals surface area contributed by atoms with Crippen LogP contribution in [-0.4, -0.2) is 15.6 Å². The first-order valence-electron chi connectivity index (χ1n) is 6.47. The Morgan fingerprint density at radius 1 is 1.10 bits per heavy atom. The summed E-state index contributed by atoms with van der Waals surface area (Å²) >= 11 is 0. The number of nitrogens with one attached hydrogen (secondary N) is 1. The smallest absolute Gasteiger partial charge is 0.123 e. The van der Waals surface area contributed by atoms with Crippen LogP contribution in [0.4, 0.5) is 0 Å². The average molecular weight is 264 g/mol. The van der Waals surface area contributed by atoms with Crippen molar-refractivity contribution in [3.8, 4) is 5.69 Å². The van der Waals surface area contributed by atoms with Crippen LogP contribution < -0.4 is 5.73 Å². The highest BCUT2D eigenvalue weighted by Crippen LogP contribution is 2.26. The van der Waals surface area contributed by atoms with Crippen LogP contribution in [0, 0.1) is 19.3 Å². The maximum absolute atomic E-state index is 7.69. The van der Waals surface area contributed by atoms with E-state index in [1.807, 2.05) is 61.0 Å². The number of nitrogens with two attached hydrogens (primary N) is 1. The van der Waals surface area contributed by atoms with Crippen LogP contribution in [0.15, 0.2) is 42.5 Å². The highest BCUT2D eigenvalue weighted by Gasteiger charge is 2.11. The monoisotopic (exact) mass is 264 g/mol. The van der Waals surface area contributed by atoms with E-state index in [1.54, 1.807) is 0 Å². The third-order valence-electron chi connectivity index (χ3n) is 3.43. The van der Waals surface area contributed by atoms with Crippen LogP contribution in [0.2, 0.25) is 0 Å². The second-order valence-electron chi connectivity index (χ2n) is 4.93. The maximum Gasteiger partial charge on any atom is 0.123 e. The number of hydrogen-bond acceptors (Lipinski definition) is 2. The molecule has 0 bridgehead atoms. The Morgan fingerprint density at radius 2 is 1.80 bits per heavy atom. The molecule has 4 heteroatoms. The first kappa shape index (κ1) is 12.4. The minimum atomic E-state index is 0.0844. The minimum absolute atomic E-state index is 0.0844. The lowest BCUT2D eigenvalue weighted by Crippen LogP contribution is -2.12. The van der Waals surface area contributed by atoms with Gasteiger partial charge in [-0.2, -0.15) is 5.10 Å². The summed E-state index contributed by atoms with van der Waals surface area (Å²) in [5, 5.41) is 14.3. The highest BCUT2D eigenvalue weighted by atomic mass is 15.3. The lowest BCUT2D eigenvalue weighted by atomic mass is 10.0. The van der Waals surface area contributed by atoms with E-state index in [-0.39, 0.29) is 5.84 Å². The molecule has 0 fully saturated rings. The van der Waals surface area contributed by atoms with Gasteiger partial charge in [-0.3, -0.25) is 5.41 Å². The number of aryl methyl sites for hydroxylation is 2. The number of aromatic nitrogens is 2. The summed E-state index contributed by atoms with van der Waals surface area (Å²) in [4.78, 5) is 0.